The molecule has 1 aliphatic heterocycles. The van der Waals surface area contributed by atoms with Gasteiger partial charge in [-0.15, -0.1) is 0 Å². The molecule has 1 saturated heterocycles. The van der Waals surface area contributed by atoms with Crippen molar-refractivity contribution in [2.24, 2.45) is 0 Å². The van der Waals surface area contributed by atoms with Gasteiger partial charge in [-0.25, -0.2) is 0 Å². The quantitative estimate of drug-likeness (QED) is 0.696. The molecular formula is C20H29ClN4O2+2. The van der Waals surface area contributed by atoms with Crippen LogP contribution in [0.15, 0.2) is 34.9 Å². The third kappa shape index (κ3) is 5.79. The lowest BCUT2D eigenvalue weighted by molar-refractivity contribution is -1.02. The van der Waals surface area contributed by atoms with E-state index >= 15 is 0 Å². The maximum Gasteiger partial charge on any atom is 0.281 e. The van der Waals surface area contributed by atoms with Gasteiger partial charge in [-0.3, -0.25) is 10.1 Å². The lowest BCUT2D eigenvalue weighted by Crippen LogP contribution is -3.28. The van der Waals surface area contributed by atoms with Gasteiger partial charge in [-0.1, -0.05) is 49.7 Å². The van der Waals surface area contributed by atoms with Gasteiger partial charge in [-0.05, 0) is 12.1 Å². The minimum atomic E-state index is -0.0963. The average molecular weight is 393 g/mol. The predicted molar refractivity (Wildman–Crippen MR) is 105 cm³/mol. The molecule has 3 N–H and O–H groups in total. The second kappa shape index (κ2) is 8.42. The van der Waals surface area contributed by atoms with E-state index in [9.17, 15) is 4.79 Å². The van der Waals surface area contributed by atoms with E-state index < -0.39 is 0 Å². The van der Waals surface area contributed by atoms with Gasteiger partial charge < -0.3 is 14.3 Å². The first-order valence-corrected chi connectivity index (χ1v) is 9.86. The molecule has 1 aromatic carbocycles. The molecule has 0 bridgehead atoms. The average Bonchev–Trinajstić information content (AvgIpc) is 3.07. The lowest BCUT2D eigenvalue weighted by atomic mass is 9.92. The smallest absolute Gasteiger partial charge is 0.281 e. The number of nitrogens with zero attached hydrogens (tertiary/aromatic N) is 1. The Hall–Kier alpha value is -1.89. The maximum absolute atomic E-state index is 12.3. The van der Waals surface area contributed by atoms with Gasteiger partial charge >= 0.3 is 0 Å². The van der Waals surface area contributed by atoms with Crippen LogP contribution >= 0.6 is 11.6 Å². The molecule has 2 heterocycles. The lowest BCUT2D eigenvalue weighted by Gasteiger charge is -2.29. The van der Waals surface area contributed by atoms with Crippen molar-refractivity contribution < 1.29 is 19.1 Å². The third-order valence-corrected chi connectivity index (χ3v) is 5.24. The zero-order chi connectivity index (χ0) is 19.4. The van der Waals surface area contributed by atoms with Gasteiger partial charge in [-0.2, -0.15) is 0 Å². The number of halogens is 1. The summed E-state index contributed by atoms with van der Waals surface area (Å²) in [7, 11) is 0. The van der Waals surface area contributed by atoms with Gasteiger partial charge in [0.1, 0.15) is 32.7 Å². The summed E-state index contributed by atoms with van der Waals surface area (Å²) in [5.74, 6) is 0.402. The summed E-state index contributed by atoms with van der Waals surface area (Å²) < 4.78 is 5.24. The van der Waals surface area contributed by atoms with Gasteiger partial charge in [0.15, 0.2) is 6.54 Å². The Morgan fingerprint density at radius 2 is 1.78 bits per heavy atom. The fraction of sp³-hybridized carbons (Fsp3) is 0.500. The van der Waals surface area contributed by atoms with Gasteiger partial charge in [0.25, 0.3) is 5.91 Å². The number of rotatable bonds is 5. The Balaban J connectivity index is 1.42. The normalized spacial score (nSPS) is 20.4. The number of nitrogens with one attached hydrogen (secondary N) is 3. The Bertz CT molecular complexity index is 759. The molecule has 6 nitrogen and oxygen atoms in total. The molecule has 0 atom stereocenters. The van der Waals surface area contributed by atoms with E-state index in [1.54, 1.807) is 11.0 Å². The summed E-state index contributed by atoms with van der Waals surface area (Å²) in [6.07, 6.45) is 0. The molecule has 2 aromatic rings. The van der Waals surface area contributed by atoms with E-state index in [-0.39, 0.29) is 11.3 Å². The first-order chi connectivity index (χ1) is 12.8. The van der Waals surface area contributed by atoms with Crippen LogP contribution in [0.4, 0.5) is 5.88 Å². The Morgan fingerprint density at radius 3 is 2.37 bits per heavy atom. The first kappa shape index (κ1) is 19.9. The molecule has 0 radical (unpaired) electrons. The van der Waals surface area contributed by atoms with E-state index in [1.165, 1.54) is 10.5 Å². The van der Waals surface area contributed by atoms with Gasteiger partial charge in [0.05, 0.1) is 5.69 Å². The predicted octanol–water partition coefficient (Wildman–Crippen LogP) is 0.548. The van der Waals surface area contributed by atoms with Crippen LogP contribution in [0.2, 0.25) is 5.02 Å². The van der Waals surface area contributed by atoms with Crippen molar-refractivity contribution in [1.82, 2.24) is 5.16 Å². The van der Waals surface area contributed by atoms with Crippen LogP contribution in [0.25, 0.3) is 0 Å². The van der Waals surface area contributed by atoms with Gasteiger partial charge in [0, 0.05) is 22.1 Å². The SMILES string of the molecule is CC(C)(C)c1cc(NC(=O)C[NH+]2CC[NH+](Cc3ccc(Cl)cc3)CC2)on1. The summed E-state index contributed by atoms with van der Waals surface area (Å²) in [6, 6.07) is 9.87. The minimum Gasteiger partial charge on any atom is -0.338 e. The van der Waals surface area contributed by atoms with E-state index in [0.29, 0.717) is 12.4 Å². The number of amides is 1. The summed E-state index contributed by atoms with van der Waals surface area (Å²) in [5.41, 5.74) is 2.04. The van der Waals surface area contributed by atoms with Crippen molar-refractivity contribution in [3.63, 3.8) is 0 Å². The molecule has 1 amide bonds. The molecule has 146 valence electrons. The van der Waals surface area contributed by atoms with Crippen LogP contribution < -0.4 is 15.1 Å². The third-order valence-electron chi connectivity index (χ3n) is 4.98. The molecule has 27 heavy (non-hydrogen) atoms. The second-order valence-corrected chi connectivity index (χ2v) is 8.79. The molecule has 0 unspecified atom stereocenters. The highest BCUT2D eigenvalue weighted by Gasteiger charge is 2.26. The Morgan fingerprint density at radius 1 is 1.15 bits per heavy atom. The molecule has 1 aromatic heterocycles. The number of piperazine rings is 1. The number of anilines is 1. The van der Waals surface area contributed by atoms with Crippen molar-refractivity contribution in [3.8, 4) is 0 Å². The molecule has 7 heteroatoms. The molecule has 1 fully saturated rings. The monoisotopic (exact) mass is 392 g/mol. The number of carbonyl (C=O) groups excluding carboxylic acids is 1. The molecule has 0 spiro atoms. The highest BCUT2D eigenvalue weighted by Crippen LogP contribution is 2.23. The Labute approximate surface area is 165 Å². The van der Waals surface area contributed by atoms with Crippen LogP contribution in [0.1, 0.15) is 32.0 Å². The fourth-order valence-electron chi connectivity index (χ4n) is 3.30. The van der Waals surface area contributed by atoms with Crippen molar-refractivity contribution in [3.05, 3.63) is 46.6 Å². The zero-order valence-corrected chi connectivity index (χ0v) is 17.0. The summed E-state index contributed by atoms with van der Waals surface area (Å²) >= 11 is 5.94. The highest BCUT2D eigenvalue weighted by molar-refractivity contribution is 6.30. The summed E-state index contributed by atoms with van der Waals surface area (Å²) in [6.45, 7) is 11.7. The van der Waals surface area contributed by atoms with Crippen LogP contribution in [0.5, 0.6) is 0 Å². The fourth-order valence-corrected chi connectivity index (χ4v) is 3.42. The van der Waals surface area contributed by atoms with E-state index in [2.05, 4.69) is 43.4 Å². The number of carbonyl (C=O) groups is 1. The number of hydrogen-bond donors (Lipinski definition) is 3. The highest BCUT2D eigenvalue weighted by atomic mass is 35.5. The molecule has 0 saturated carbocycles. The second-order valence-electron chi connectivity index (χ2n) is 8.35. The largest absolute Gasteiger partial charge is 0.338 e. The van der Waals surface area contributed by atoms with Crippen LogP contribution in [-0.2, 0) is 16.8 Å². The van der Waals surface area contributed by atoms with Crippen LogP contribution in [0.3, 0.4) is 0 Å². The van der Waals surface area contributed by atoms with Crippen molar-refractivity contribution >= 4 is 23.4 Å². The maximum atomic E-state index is 12.3. The van der Waals surface area contributed by atoms with E-state index in [4.69, 9.17) is 16.1 Å². The van der Waals surface area contributed by atoms with E-state index in [1.807, 2.05) is 12.1 Å². The number of hydrogen-bond acceptors (Lipinski definition) is 3. The zero-order valence-electron chi connectivity index (χ0n) is 16.3. The Kier molecular flexibility index (Phi) is 6.19. The number of quaternary nitrogens is 2. The molecule has 1 aliphatic rings. The van der Waals surface area contributed by atoms with Gasteiger partial charge in [0.2, 0.25) is 5.88 Å². The topological polar surface area (TPSA) is 64.0 Å². The summed E-state index contributed by atoms with van der Waals surface area (Å²) in [4.78, 5) is 15.2. The standard InChI is InChI=1S/C20H27ClN4O2/c1-20(2,3)17-12-19(27-23-17)22-18(26)14-25-10-8-24(9-11-25)13-15-4-6-16(21)7-5-15/h4-7,12H,8-11,13-14H2,1-3H3,(H,22,26)/p+2. The number of aromatic nitrogens is 1. The number of benzene rings is 1. The molecular weight excluding hydrogens is 364 g/mol. The van der Waals surface area contributed by atoms with Crippen molar-refractivity contribution in [2.75, 3.05) is 38.0 Å². The minimum absolute atomic E-state index is 0.0252. The summed E-state index contributed by atoms with van der Waals surface area (Å²) in [5, 5.41) is 7.64. The first-order valence-electron chi connectivity index (χ1n) is 9.48. The van der Waals surface area contributed by atoms with Crippen molar-refractivity contribution in [2.45, 2.75) is 32.7 Å². The van der Waals surface area contributed by atoms with Crippen LogP contribution in [-0.4, -0.2) is 43.8 Å². The van der Waals surface area contributed by atoms with Crippen molar-refractivity contribution in [1.29, 1.82) is 0 Å². The van der Waals surface area contributed by atoms with E-state index in [0.717, 1.165) is 43.4 Å². The molecule has 0 aliphatic carbocycles. The molecule has 3 rings (SSSR count). The van der Waals surface area contributed by atoms with Crippen LogP contribution in [0, 0.1) is 0 Å².